The number of hydrogen-bond acceptors (Lipinski definition) is 7. The average molecular weight is 429 g/mol. The van der Waals surface area contributed by atoms with Crippen LogP contribution in [0, 0.1) is 5.95 Å². The Labute approximate surface area is 177 Å². The molecule has 10 heteroatoms. The largest absolute Gasteiger partial charge is 0.378 e. The van der Waals surface area contributed by atoms with E-state index in [1.807, 2.05) is 4.90 Å². The number of nitrogens with one attached hydrogen (secondary N) is 2. The van der Waals surface area contributed by atoms with Crippen molar-refractivity contribution in [1.29, 1.82) is 0 Å². The summed E-state index contributed by atoms with van der Waals surface area (Å²) in [6.45, 7) is 2.24. The topological polar surface area (TPSA) is 92.3 Å². The molecule has 3 heterocycles. The van der Waals surface area contributed by atoms with Gasteiger partial charge in [0, 0.05) is 36.1 Å². The predicted octanol–water partition coefficient (Wildman–Crippen LogP) is 3.50. The first-order chi connectivity index (χ1) is 14.6. The van der Waals surface area contributed by atoms with E-state index >= 15 is 0 Å². The molecule has 0 unspecified atom stereocenters. The first-order valence-corrected chi connectivity index (χ1v) is 9.61. The number of carbonyl (C=O) groups is 1. The van der Waals surface area contributed by atoms with Crippen LogP contribution in [0.1, 0.15) is 10.5 Å². The Morgan fingerprint density at radius 2 is 2.00 bits per heavy atom. The Hall–Kier alpha value is -3.30. The molecule has 8 nitrogen and oxygen atoms in total. The molecule has 4 rings (SSSR count). The van der Waals surface area contributed by atoms with Gasteiger partial charge in [-0.15, -0.1) is 0 Å². The number of rotatable bonds is 5. The second kappa shape index (κ2) is 9.02. The number of hydrogen-bond donors (Lipinski definition) is 2. The summed E-state index contributed by atoms with van der Waals surface area (Å²) in [6.07, 6.45) is 2.77. The summed E-state index contributed by atoms with van der Waals surface area (Å²) in [5, 5.41) is 6.33. The van der Waals surface area contributed by atoms with Crippen LogP contribution in [0.25, 0.3) is 0 Å². The summed E-state index contributed by atoms with van der Waals surface area (Å²) in [5.41, 5.74) is 1.78. The maximum Gasteiger partial charge on any atom is 0.274 e. The van der Waals surface area contributed by atoms with Gasteiger partial charge in [-0.25, -0.2) is 15.0 Å². The third kappa shape index (κ3) is 4.81. The number of amides is 1. The van der Waals surface area contributed by atoms with Gasteiger partial charge < -0.3 is 20.3 Å². The Bertz CT molecular complexity index is 1060. The molecular formula is C20H18ClFN6O2. The lowest BCUT2D eigenvalue weighted by atomic mass is 10.2. The highest BCUT2D eigenvalue weighted by atomic mass is 35.5. The molecular weight excluding hydrogens is 411 g/mol. The number of ether oxygens (including phenoxy) is 1. The molecule has 1 fully saturated rings. The Morgan fingerprint density at radius 1 is 1.17 bits per heavy atom. The summed E-state index contributed by atoms with van der Waals surface area (Å²) in [4.78, 5) is 26.8. The predicted molar refractivity (Wildman–Crippen MR) is 112 cm³/mol. The highest BCUT2D eigenvalue weighted by Gasteiger charge is 2.19. The zero-order chi connectivity index (χ0) is 20.9. The van der Waals surface area contributed by atoms with Crippen molar-refractivity contribution in [2.45, 2.75) is 0 Å². The molecule has 1 aliphatic heterocycles. The highest BCUT2D eigenvalue weighted by Crippen LogP contribution is 2.27. The fourth-order valence-electron chi connectivity index (χ4n) is 3.01. The van der Waals surface area contributed by atoms with Crippen molar-refractivity contribution in [2.24, 2.45) is 0 Å². The van der Waals surface area contributed by atoms with Crippen LogP contribution in [-0.2, 0) is 4.74 Å². The van der Waals surface area contributed by atoms with Gasteiger partial charge in [-0.3, -0.25) is 4.79 Å². The van der Waals surface area contributed by atoms with Crippen molar-refractivity contribution in [3.05, 3.63) is 65.5 Å². The number of nitrogens with zero attached hydrogens (tertiary/aromatic N) is 4. The van der Waals surface area contributed by atoms with Gasteiger partial charge in [0.2, 0.25) is 11.9 Å². The summed E-state index contributed by atoms with van der Waals surface area (Å²) in [6, 6.07) is 9.85. The van der Waals surface area contributed by atoms with Gasteiger partial charge in [0.25, 0.3) is 5.91 Å². The smallest absolute Gasteiger partial charge is 0.274 e. The zero-order valence-electron chi connectivity index (χ0n) is 15.8. The lowest BCUT2D eigenvalue weighted by Crippen LogP contribution is -2.37. The van der Waals surface area contributed by atoms with Crippen molar-refractivity contribution in [1.82, 2.24) is 15.0 Å². The normalized spacial score (nSPS) is 13.7. The van der Waals surface area contributed by atoms with Gasteiger partial charge in [-0.05, 0) is 24.3 Å². The fraction of sp³-hybridized carbons (Fsp3) is 0.200. The average Bonchev–Trinajstić information content (AvgIpc) is 2.76. The summed E-state index contributed by atoms with van der Waals surface area (Å²) < 4.78 is 19.1. The number of aromatic nitrogens is 3. The molecule has 154 valence electrons. The molecule has 0 bridgehead atoms. The van der Waals surface area contributed by atoms with E-state index in [0.29, 0.717) is 48.4 Å². The van der Waals surface area contributed by atoms with E-state index < -0.39 is 11.9 Å². The van der Waals surface area contributed by atoms with Crippen molar-refractivity contribution >= 4 is 40.5 Å². The van der Waals surface area contributed by atoms with Crippen molar-refractivity contribution in [3.8, 4) is 0 Å². The third-order valence-corrected chi connectivity index (χ3v) is 4.65. The van der Waals surface area contributed by atoms with Gasteiger partial charge >= 0.3 is 0 Å². The van der Waals surface area contributed by atoms with Crippen LogP contribution in [0.2, 0.25) is 5.02 Å². The quantitative estimate of drug-likeness (QED) is 0.601. The molecule has 0 atom stereocenters. The number of carbonyl (C=O) groups excluding carboxylic acids is 1. The molecule has 1 amide bonds. The zero-order valence-corrected chi connectivity index (χ0v) is 16.6. The lowest BCUT2D eigenvalue weighted by Gasteiger charge is -2.30. The minimum atomic E-state index is -0.621. The number of benzene rings is 1. The minimum Gasteiger partial charge on any atom is -0.378 e. The van der Waals surface area contributed by atoms with Gasteiger partial charge in [-0.2, -0.15) is 4.39 Å². The number of morpholine rings is 1. The van der Waals surface area contributed by atoms with Crippen LogP contribution < -0.4 is 15.5 Å². The van der Waals surface area contributed by atoms with Gasteiger partial charge in [0.15, 0.2) is 0 Å². The molecule has 2 N–H and O–H groups in total. The highest BCUT2D eigenvalue weighted by molar-refractivity contribution is 6.30. The SMILES string of the molecule is O=C(Nc1cnc(F)cc1N1CCOCC1)c1ccnc(Nc2cccc(Cl)c2)n1. The first kappa shape index (κ1) is 20.0. The maximum atomic E-state index is 13.7. The van der Waals surface area contributed by atoms with Crippen molar-refractivity contribution in [2.75, 3.05) is 41.8 Å². The van der Waals surface area contributed by atoms with E-state index in [4.69, 9.17) is 16.3 Å². The molecule has 1 aliphatic rings. The van der Waals surface area contributed by atoms with E-state index in [1.54, 1.807) is 24.3 Å². The van der Waals surface area contributed by atoms with Crippen LogP contribution in [0.5, 0.6) is 0 Å². The fourth-order valence-corrected chi connectivity index (χ4v) is 3.20. The number of halogens is 2. The Morgan fingerprint density at radius 3 is 2.80 bits per heavy atom. The number of pyridine rings is 1. The molecule has 2 aromatic heterocycles. The van der Waals surface area contributed by atoms with E-state index in [9.17, 15) is 9.18 Å². The molecule has 3 aromatic rings. The van der Waals surface area contributed by atoms with Gasteiger partial charge in [-0.1, -0.05) is 17.7 Å². The second-order valence-corrected chi connectivity index (χ2v) is 6.91. The van der Waals surface area contributed by atoms with Crippen LogP contribution in [-0.4, -0.2) is 47.2 Å². The Kier molecular flexibility index (Phi) is 6.01. The summed E-state index contributed by atoms with van der Waals surface area (Å²) in [5.74, 6) is -0.838. The molecule has 1 saturated heterocycles. The Balaban J connectivity index is 1.53. The molecule has 0 spiro atoms. The van der Waals surface area contributed by atoms with Crippen LogP contribution in [0.4, 0.5) is 27.4 Å². The van der Waals surface area contributed by atoms with E-state index in [2.05, 4.69) is 25.6 Å². The molecule has 0 aliphatic carbocycles. The third-order valence-electron chi connectivity index (χ3n) is 4.42. The minimum absolute atomic E-state index is 0.145. The van der Waals surface area contributed by atoms with Crippen molar-refractivity contribution in [3.63, 3.8) is 0 Å². The maximum absolute atomic E-state index is 13.7. The standard InChI is InChI=1S/C20H18ClFN6O2/c21-13-2-1-3-14(10-13)25-20-23-5-4-15(27-20)19(29)26-16-12-24-18(22)11-17(16)28-6-8-30-9-7-28/h1-5,10-12H,6-9H2,(H,26,29)(H,23,25,27). The van der Waals surface area contributed by atoms with Gasteiger partial charge in [0.1, 0.15) is 5.69 Å². The van der Waals surface area contributed by atoms with Crippen LogP contribution >= 0.6 is 11.6 Å². The van der Waals surface area contributed by atoms with Crippen molar-refractivity contribution < 1.29 is 13.9 Å². The number of anilines is 4. The van der Waals surface area contributed by atoms with E-state index in [1.165, 1.54) is 24.5 Å². The second-order valence-electron chi connectivity index (χ2n) is 6.48. The first-order valence-electron chi connectivity index (χ1n) is 9.24. The van der Waals surface area contributed by atoms with E-state index in [0.717, 1.165) is 0 Å². The van der Waals surface area contributed by atoms with Crippen LogP contribution in [0.3, 0.4) is 0 Å². The van der Waals surface area contributed by atoms with Crippen LogP contribution in [0.15, 0.2) is 48.8 Å². The van der Waals surface area contributed by atoms with E-state index in [-0.39, 0.29) is 11.6 Å². The molecule has 0 saturated carbocycles. The summed E-state index contributed by atoms with van der Waals surface area (Å²) >= 11 is 5.98. The lowest BCUT2D eigenvalue weighted by molar-refractivity contribution is 0.102. The molecule has 30 heavy (non-hydrogen) atoms. The van der Waals surface area contributed by atoms with Gasteiger partial charge in [0.05, 0.1) is 30.8 Å². The molecule has 0 radical (unpaired) electrons. The summed E-state index contributed by atoms with van der Waals surface area (Å²) in [7, 11) is 0. The monoisotopic (exact) mass is 428 g/mol. The molecule has 1 aromatic carbocycles.